The van der Waals surface area contributed by atoms with Crippen molar-refractivity contribution in [3.8, 4) is 17.2 Å². The number of fused-ring (bicyclic) bond motifs is 1. The zero-order chi connectivity index (χ0) is 24.5. The molecular formula is C24H23F3O6. The van der Waals surface area contributed by atoms with E-state index in [4.69, 9.17) is 18.6 Å². The molecule has 1 aromatic heterocycles. The predicted molar refractivity (Wildman–Crippen MR) is 115 cm³/mol. The van der Waals surface area contributed by atoms with Gasteiger partial charge in [-0.2, -0.15) is 13.2 Å². The first kappa shape index (κ1) is 24.2. The highest BCUT2D eigenvalue weighted by Crippen LogP contribution is 2.39. The van der Waals surface area contributed by atoms with E-state index in [1.54, 1.807) is 27.7 Å². The molecule has 0 aliphatic rings. The van der Waals surface area contributed by atoms with Gasteiger partial charge in [0.1, 0.15) is 17.1 Å². The molecular weight excluding hydrogens is 441 g/mol. The van der Waals surface area contributed by atoms with E-state index in [2.05, 4.69) is 0 Å². The Hall–Kier alpha value is -3.49. The molecule has 1 atom stereocenters. The summed E-state index contributed by atoms with van der Waals surface area (Å²) < 4.78 is 62.2. The van der Waals surface area contributed by atoms with Crippen molar-refractivity contribution in [1.82, 2.24) is 0 Å². The lowest BCUT2D eigenvalue weighted by molar-refractivity contribution is -0.155. The molecule has 9 heteroatoms. The number of rotatable bonds is 6. The van der Waals surface area contributed by atoms with Crippen molar-refractivity contribution >= 4 is 16.9 Å². The molecule has 0 aliphatic carbocycles. The normalized spacial score (nSPS) is 12.6. The van der Waals surface area contributed by atoms with Crippen molar-refractivity contribution in [2.24, 2.45) is 0 Å². The minimum Gasteiger partial charge on any atom is -0.479 e. The fourth-order valence-electron chi connectivity index (χ4n) is 3.20. The molecule has 0 radical (unpaired) electrons. The number of benzene rings is 2. The monoisotopic (exact) mass is 464 g/mol. The molecule has 0 spiro atoms. The second kappa shape index (κ2) is 9.17. The Bertz CT molecular complexity index is 1220. The van der Waals surface area contributed by atoms with Gasteiger partial charge in [-0.1, -0.05) is 6.07 Å². The summed E-state index contributed by atoms with van der Waals surface area (Å²) in [5.74, 6) is -3.04. The third kappa shape index (κ3) is 5.66. The Morgan fingerprint density at radius 2 is 1.61 bits per heavy atom. The third-order valence-corrected chi connectivity index (χ3v) is 4.49. The fourth-order valence-corrected chi connectivity index (χ4v) is 3.20. The molecule has 176 valence electrons. The molecule has 0 fully saturated rings. The summed E-state index contributed by atoms with van der Waals surface area (Å²) in [6.45, 7) is 8.30. The van der Waals surface area contributed by atoms with E-state index >= 15 is 0 Å². The predicted octanol–water partition coefficient (Wildman–Crippen LogP) is 5.94. The van der Waals surface area contributed by atoms with Crippen LogP contribution < -0.4 is 14.9 Å². The van der Waals surface area contributed by atoms with E-state index in [-0.39, 0.29) is 28.6 Å². The average Bonchev–Trinajstić information content (AvgIpc) is 2.67. The molecule has 1 heterocycles. The third-order valence-electron chi connectivity index (χ3n) is 4.49. The summed E-state index contributed by atoms with van der Waals surface area (Å²) in [5, 5.41) is -0.132. The molecule has 0 amide bonds. The topological polar surface area (TPSA) is 75.0 Å². The summed E-state index contributed by atoms with van der Waals surface area (Å²) >= 11 is 0. The Morgan fingerprint density at radius 1 is 0.970 bits per heavy atom. The second-order valence-electron chi connectivity index (χ2n) is 7.92. The van der Waals surface area contributed by atoms with Crippen LogP contribution in [0.2, 0.25) is 0 Å². The number of ether oxygens (including phenoxy) is 3. The minimum absolute atomic E-state index is 0.0370. The maximum Gasteiger partial charge on any atom is 0.453 e. The van der Waals surface area contributed by atoms with Crippen LogP contribution in [0, 0.1) is 13.8 Å². The van der Waals surface area contributed by atoms with Gasteiger partial charge in [0.25, 0.3) is 5.76 Å². The molecule has 3 aromatic rings. The highest BCUT2D eigenvalue weighted by molar-refractivity contribution is 5.80. The maximum atomic E-state index is 13.8. The number of carbonyl (C=O) groups excluding carboxylic acids is 1. The number of carbonyl (C=O) groups is 1. The van der Waals surface area contributed by atoms with E-state index < -0.39 is 35.2 Å². The molecule has 6 nitrogen and oxygen atoms in total. The Labute approximate surface area is 187 Å². The Balaban J connectivity index is 2.05. The fraction of sp³-hybridized carbons (Fsp3) is 0.333. The quantitative estimate of drug-likeness (QED) is 0.421. The lowest BCUT2D eigenvalue weighted by Crippen LogP contribution is -2.28. The van der Waals surface area contributed by atoms with Gasteiger partial charge < -0.3 is 18.6 Å². The van der Waals surface area contributed by atoms with Crippen LogP contribution in [-0.2, 0) is 15.7 Å². The number of alkyl halides is 3. The van der Waals surface area contributed by atoms with E-state index in [9.17, 15) is 22.8 Å². The van der Waals surface area contributed by atoms with Crippen molar-refractivity contribution in [1.29, 1.82) is 0 Å². The molecule has 0 aliphatic heterocycles. The zero-order valence-corrected chi connectivity index (χ0v) is 18.7. The van der Waals surface area contributed by atoms with E-state index in [1.165, 1.54) is 31.2 Å². The van der Waals surface area contributed by atoms with Gasteiger partial charge in [-0.25, -0.2) is 4.79 Å². The van der Waals surface area contributed by atoms with E-state index in [0.29, 0.717) is 0 Å². The first-order chi connectivity index (χ1) is 15.3. The molecule has 0 saturated carbocycles. The maximum absolute atomic E-state index is 13.8. The van der Waals surface area contributed by atoms with E-state index in [0.717, 1.165) is 17.2 Å². The van der Waals surface area contributed by atoms with Crippen LogP contribution in [0.3, 0.4) is 0 Å². The smallest absolute Gasteiger partial charge is 0.453 e. The minimum atomic E-state index is -4.99. The average molecular weight is 464 g/mol. The zero-order valence-electron chi connectivity index (χ0n) is 18.7. The van der Waals surface area contributed by atoms with Gasteiger partial charge in [-0.05, 0) is 70.0 Å². The van der Waals surface area contributed by atoms with E-state index in [1.807, 2.05) is 6.07 Å². The Morgan fingerprint density at radius 3 is 2.18 bits per heavy atom. The SMILES string of the molecule is Cc1cc(C)cc(Oc2c(C(F)(F)F)oc3cc(O[C@H](C)C(=O)OC(C)C)ccc3c2=O)c1. The van der Waals surface area contributed by atoms with Gasteiger partial charge in [0.15, 0.2) is 6.10 Å². The summed E-state index contributed by atoms with van der Waals surface area (Å²) in [6.07, 6.45) is -6.37. The first-order valence-corrected chi connectivity index (χ1v) is 10.2. The van der Waals surface area contributed by atoms with Gasteiger partial charge in [-0.15, -0.1) is 0 Å². The van der Waals surface area contributed by atoms with Gasteiger partial charge in [0, 0.05) is 6.07 Å². The second-order valence-corrected chi connectivity index (χ2v) is 7.92. The summed E-state index contributed by atoms with van der Waals surface area (Å²) in [5.41, 5.74) is 0.176. The molecule has 0 N–H and O–H groups in total. The van der Waals surface area contributed by atoms with Crippen LogP contribution in [0.5, 0.6) is 17.2 Å². The number of halogens is 3. The molecule has 3 rings (SSSR count). The standard InChI is InChI=1S/C24H23F3O6/c1-12(2)30-23(29)15(5)31-16-6-7-18-19(11-16)33-22(24(25,26)27)21(20(18)28)32-17-9-13(3)8-14(4)10-17/h6-12,15H,1-5H3/t15-/m1/s1. The summed E-state index contributed by atoms with van der Waals surface area (Å²) in [4.78, 5) is 24.9. The summed E-state index contributed by atoms with van der Waals surface area (Å²) in [7, 11) is 0. The molecule has 2 aromatic carbocycles. The van der Waals surface area contributed by atoms with Crippen LogP contribution in [0.25, 0.3) is 11.0 Å². The lowest BCUT2D eigenvalue weighted by atomic mass is 10.1. The van der Waals surface area contributed by atoms with Crippen molar-refractivity contribution in [3.05, 3.63) is 63.5 Å². The van der Waals surface area contributed by atoms with Gasteiger partial charge in [0.05, 0.1) is 11.5 Å². The molecule has 0 saturated heterocycles. The highest BCUT2D eigenvalue weighted by Gasteiger charge is 2.40. The van der Waals surface area contributed by atoms with Crippen molar-refractivity contribution < 1.29 is 36.6 Å². The van der Waals surface area contributed by atoms with Crippen LogP contribution >= 0.6 is 0 Å². The largest absolute Gasteiger partial charge is 0.479 e. The number of esters is 1. The van der Waals surface area contributed by atoms with Crippen LogP contribution in [-0.4, -0.2) is 18.2 Å². The highest BCUT2D eigenvalue weighted by atomic mass is 19.4. The number of aryl methyl sites for hydroxylation is 2. The molecule has 33 heavy (non-hydrogen) atoms. The lowest BCUT2D eigenvalue weighted by Gasteiger charge is -2.17. The number of hydrogen-bond acceptors (Lipinski definition) is 6. The van der Waals surface area contributed by atoms with Gasteiger partial charge in [0.2, 0.25) is 11.2 Å². The molecule has 0 unspecified atom stereocenters. The summed E-state index contributed by atoms with van der Waals surface area (Å²) in [6, 6.07) is 8.58. The van der Waals surface area contributed by atoms with Gasteiger partial charge in [-0.3, -0.25) is 4.79 Å². The van der Waals surface area contributed by atoms with Crippen molar-refractivity contribution in [3.63, 3.8) is 0 Å². The van der Waals surface area contributed by atoms with Crippen molar-refractivity contribution in [2.75, 3.05) is 0 Å². The van der Waals surface area contributed by atoms with Crippen LogP contribution in [0.15, 0.2) is 45.6 Å². The van der Waals surface area contributed by atoms with Crippen LogP contribution in [0.4, 0.5) is 13.2 Å². The van der Waals surface area contributed by atoms with Crippen molar-refractivity contribution in [2.45, 2.75) is 53.0 Å². The van der Waals surface area contributed by atoms with Crippen LogP contribution in [0.1, 0.15) is 37.7 Å². The van der Waals surface area contributed by atoms with Gasteiger partial charge >= 0.3 is 12.1 Å². The first-order valence-electron chi connectivity index (χ1n) is 10.2. The molecule has 0 bridgehead atoms. The Kier molecular flexibility index (Phi) is 6.71. The number of hydrogen-bond donors (Lipinski definition) is 0.